The molecule has 0 aromatic carbocycles. The molecule has 0 fully saturated rings. The lowest BCUT2D eigenvalue weighted by atomic mass is 10.1. The van der Waals surface area contributed by atoms with E-state index in [0.29, 0.717) is 19.3 Å². The van der Waals surface area contributed by atoms with Gasteiger partial charge in [0.05, 0.1) is 0 Å². The van der Waals surface area contributed by atoms with Gasteiger partial charge in [0.2, 0.25) is 0 Å². The predicted octanol–water partition coefficient (Wildman–Crippen LogP) is 21.4. The van der Waals surface area contributed by atoms with Gasteiger partial charge in [-0.25, -0.2) is 0 Å². The average molecular weight is 1040 g/mol. The predicted molar refractivity (Wildman–Crippen MR) is 325 cm³/mol. The van der Waals surface area contributed by atoms with Crippen LogP contribution in [0.5, 0.6) is 0 Å². The molecule has 0 aliphatic rings. The zero-order valence-electron chi connectivity index (χ0n) is 49.0. The molecule has 75 heavy (non-hydrogen) atoms. The zero-order chi connectivity index (χ0) is 54.3. The fraction of sp³-hybridized carbons (Fsp3) is 0.696. The minimum Gasteiger partial charge on any atom is -0.462 e. The summed E-state index contributed by atoms with van der Waals surface area (Å²) in [6.45, 7) is 6.40. The lowest BCUT2D eigenvalue weighted by Gasteiger charge is -2.18. The average Bonchev–Trinajstić information content (AvgIpc) is 3.41. The Bertz CT molecular complexity index is 1520. The minimum absolute atomic E-state index is 0.0949. The standard InChI is InChI=1S/C69H116O6/c1-4-7-10-13-16-19-22-25-28-30-32-34-36-38-41-44-47-50-53-56-59-62-68(71)74-65-66(64-73-67(70)61-58-55-52-49-46-43-40-27-24-21-18-15-12-9-6-3)75-69(72)63-60-57-54-51-48-45-42-39-37-35-33-31-29-26-23-20-17-14-11-8-5-2/h7,9-10,12,16,18-19,21,25,27-28,31-34,38,40-41,66H,4-6,8,11,13-15,17,20,22-24,26,29-30,35-37,39,42-65H2,1-3H3/b10-7-,12-9-,19-16-,21-18-,28-25-,33-31-,34-32-,40-27-,41-38-. The van der Waals surface area contributed by atoms with Gasteiger partial charge in [-0.05, 0) is 122 Å². The van der Waals surface area contributed by atoms with E-state index in [4.69, 9.17) is 14.2 Å². The van der Waals surface area contributed by atoms with Crippen LogP contribution in [0.15, 0.2) is 109 Å². The number of esters is 3. The van der Waals surface area contributed by atoms with E-state index in [1.165, 1.54) is 103 Å². The van der Waals surface area contributed by atoms with Gasteiger partial charge in [-0.2, -0.15) is 0 Å². The fourth-order valence-corrected chi connectivity index (χ4v) is 8.60. The summed E-state index contributed by atoms with van der Waals surface area (Å²) in [6.07, 6.45) is 85.1. The van der Waals surface area contributed by atoms with Crippen molar-refractivity contribution in [2.24, 2.45) is 0 Å². The largest absolute Gasteiger partial charge is 0.462 e. The molecule has 0 aromatic heterocycles. The smallest absolute Gasteiger partial charge is 0.306 e. The van der Waals surface area contributed by atoms with E-state index >= 15 is 0 Å². The third-order valence-electron chi connectivity index (χ3n) is 13.2. The van der Waals surface area contributed by atoms with Gasteiger partial charge in [0.25, 0.3) is 0 Å². The lowest BCUT2D eigenvalue weighted by Crippen LogP contribution is -2.30. The number of rotatable bonds is 56. The van der Waals surface area contributed by atoms with Gasteiger partial charge in [-0.1, -0.05) is 259 Å². The number of carbonyl (C=O) groups excluding carboxylic acids is 3. The molecule has 0 radical (unpaired) electrons. The van der Waals surface area contributed by atoms with Crippen molar-refractivity contribution in [1.29, 1.82) is 0 Å². The lowest BCUT2D eigenvalue weighted by molar-refractivity contribution is -0.167. The molecular weight excluding hydrogens is 925 g/mol. The Balaban J connectivity index is 4.43. The summed E-state index contributed by atoms with van der Waals surface area (Å²) in [6, 6.07) is 0. The molecule has 0 heterocycles. The third-order valence-corrected chi connectivity index (χ3v) is 13.2. The van der Waals surface area contributed by atoms with Crippen LogP contribution in [0.25, 0.3) is 0 Å². The number of allylic oxidation sites excluding steroid dienone is 18. The van der Waals surface area contributed by atoms with Gasteiger partial charge < -0.3 is 14.2 Å². The maximum absolute atomic E-state index is 12.9. The Morgan fingerprint density at radius 2 is 0.520 bits per heavy atom. The molecule has 1 unspecified atom stereocenters. The van der Waals surface area contributed by atoms with Crippen LogP contribution in [-0.2, 0) is 28.6 Å². The Hall–Kier alpha value is -3.93. The number of unbranched alkanes of at least 4 members (excludes halogenated alkanes) is 27. The van der Waals surface area contributed by atoms with Gasteiger partial charge in [0.1, 0.15) is 13.2 Å². The summed E-state index contributed by atoms with van der Waals surface area (Å²) in [7, 11) is 0. The number of carbonyl (C=O) groups is 3. The van der Waals surface area contributed by atoms with Gasteiger partial charge >= 0.3 is 17.9 Å². The summed E-state index contributed by atoms with van der Waals surface area (Å²) in [5.41, 5.74) is 0. The molecule has 6 nitrogen and oxygen atoms in total. The number of hydrogen-bond acceptors (Lipinski definition) is 6. The number of hydrogen-bond donors (Lipinski definition) is 0. The van der Waals surface area contributed by atoms with Crippen LogP contribution in [0.2, 0.25) is 0 Å². The SMILES string of the molecule is CC/C=C\C/C=C\C/C=C\C/C=C\C/C=C\CCCCCCCC(=O)OCC(COC(=O)CCCCCCC/C=C\C/C=C\C/C=C\CC)OC(=O)CCCCCCCCCCC/C=C\CCCCCCCCCC. The van der Waals surface area contributed by atoms with Crippen molar-refractivity contribution in [2.45, 2.75) is 297 Å². The highest BCUT2D eigenvalue weighted by Crippen LogP contribution is 2.15. The van der Waals surface area contributed by atoms with E-state index in [-0.39, 0.29) is 31.1 Å². The molecule has 0 N–H and O–H groups in total. The molecule has 428 valence electrons. The van der Waals surface area contributed by atoms with E-state index in [1.807, 2.05) is 0 Å². The molecule has 0 aliphatic carbocycles. The molecular formula is C69H116O6. The summed E-state index contributed by atoms with van der Waals surface area (Å²) in [5, 5.41) is 0. The molecule has 0 amide bonds. The number of ether oxygens (including phenoxy) is 3. The van der Waals surface area contributed by atoms with Crippen molar-refractivity contribution in [3.05, 3.63) is 109 Å². The molecule has 0 spiro atoms. The van der Waals surface area contributed by atoms with Crippen molar-refractivity contribution in [1.82, 2.24) is 0 Å². The molecule has 0 saturated heterocycles. The van der Waals surface area contributed by atoms with E-state index < -0.39 is 6.10 Å². The highest BCUT2D eigenvalue weighted by atomic mass is 16.6. The second-order valence-corrected chi connectivity index (χ2v) is 20.5. The van der Waals surface area contributed by atoms with Gasteiger partial charge in [-0.3, -0.25) is 14.4 Å². The maximum Gasteiger partial charge on any atom is 0.306 e. The van der Waals surface area contributed by atoms with Crippen molar-refractivity contribution in [2.75, 3.05) is 13.2 Å². The Morgan fingerprint density at radius 3 is 0.827 bits per heavy atom. The molecule has 1 atom stereocenters. The van der Waals surface area contributed by atoms with Crippen molar-refractivity contribution >= 4 is 17.9 Å². The summed E-state index contributed by atoms with van der Waals surface area (Å²) in [4.78, 5) is 38.3. The summed E-state index contributed by atoms with van der Waals surface area (Å²) < 4.78 is 16.9. The van der Waals surface area contributed by atoms with Crippen molar-refractivity contribution in [3.63, 3.8) is 0 Å². The first-order valence-corrected chi connectivity index (χ1v) is 31.4. The second-order valence-electron chi connectivity index (χ2n) is 20.5. The molecule has 0 bridgehead atoms. The molecule has 0 rings (SSSR count). The van der Waals surface area contributed by atoms with Gasteiger partial charge in [0.15, 0.2) is 6.10 Å². The summed E-state index contributed by atoms with van der Waals surface area (Å²) in [5.74, 6) is -0.925. The van der Waals surface area contributed by atoms with E-state index in [9.17, 15) is 14.4 Å². The van der Waals surface area contributed by atoms with Crippen LogP contribution in [0.1, 0.15) is 290 Å². The third kappa shape index (κ3) is 60.8. The monoisotopic (exact) mass is 1040 g/mol. The molecule has 0 saturated carbocycles. The van der Waals surface area contributed by atoms with Crippen LogP contribution in [-0.4, -0.2) is 37.2 Å². The zero-order valence-corrected chi connectivity index (χ0v) is 49.0. The molecule has 0 aliphatic heterocycles. The van der Waals surface area contributed by atoms with E-state index in [2.05, 4.69) is 130 Å². The summed E-state index contributed by atoms with van der Waals surface area (Å²) >= 11 is 0. The first-order valence-electron chi connectivity index (χ1n) is 31.4. The van der Waals surface area contributed by atoms with Crippen LogP contribution >= 0.6 is 0 Å². The highest BCUT2D eigenvalue weighted by molar-refractivity contribution is 5.71. The fourth-order valence-electron chi connectivity index (χ4n) is 8.60. The maximum atomic E-state index is 12.9. The van der Waals surface area contributed by atoms with Crippen LogP contribution in [0.4, 0.5) is 0 Å². The minimum atomic E-state index is -0.798. The normalized spacial score (nSPS) is 12.8. The first-order chi connectivity index (χ1) is 37.0. The van der Waals surface area contributed by atoms with Crippen molar-refractivity contribution < 1.29 is 28.6 Å². The highest BCUT2D eigenvalue weighted by Gasteiger charge is 2.19. The first kappa shape index (κ1) is 71.1. The van der Waals surface area contributed by atoms with Crippen LogP contribution in [0, 0.1) is 0 Å². The topological polar surface area (TPSA) is 78.9 Å². The van der Waals surface area contributed by atoms with E-state index in [0.717, 1.165) is 148 Å². The molecule has 6 heteroatoms. The molecule has 0 aromatic rings. The second kappa shape index (κ2) is 62.6. The quantitative estimate of drug-likeness (QED) is 0.0261. The Morgan fingerprint density at radius 1 is 0.280 bits per heavy atom. The van der Waals surface area contributed by atoms with Crippen LogP contribution in [0.3, 0.4) is 0 Å². The van der Waals surface area contributed by atoms with Gasteiger partial charge in [-0.15, -0.1) is 0 Å². The van der Waals surface area contributed by atoms with Gasteiger partial charge in [0, 0.05) is 19.3 Å². The Labute approximate surface area is 463 Å². The Kier molecular flexibility index (Phi) is 59.3. The van der Waals surface area contributed by atoms with Crippen molar-refractivity contribution in [3.8, 4) is 0 Å². The van der Waals surface area contributed by atoms with Crippen LogP contribution < -0.4 is 0 Å². The van der Waals surface area contributed by atoms with E-state index in [1.54, 1.807) is 0 Å².